The lowest BCUT2D eigenvalue weighted by Crippen LogP contribution is -2.45. The van der Waals surface area contributed by atoms with E-state index in [9.17, 15) is 22.7 Å². The van der Waals surface area contributed by atoms with E-state index >= 15 is 0 Å². The van der Waals surface area contributed by atoms with Crippen LogP contribution in [0.1, 0.15) is 37.4 Å². The Balaban J connectivity index is 0.00000288. The van der Waals surface area contributed by atoms with E-state index in [1.54, 1.807) is 0 Å². The summed E-state index contributed by atoms with van der Waals surface area (Å²) >= 11 is 0. The number of benzene rings is 1. The minimum Gasteiger partial charge on any atom is -0.505 e. The van der Waals surface area contributed by atoms with Crippen LogP contribution >= 0.6 is 24.8 Å². The predicted molar refractivity (Wildman–Crippen MR) is 94.2 cm³/mol. The molecule has 0 bridgehead atoms. The van der Waals surface area contributed by atoms with E-state index in [-0.39, 0.29) is 36.3 Å². The summed E-state index contributed by atoms with van der Waals surface area (Å²) in [5.74, 6) is -1.79. The minimum absolute atomic E-state index is 0. The molecule has 1 heterocycles. The number of rotatable bonds is 4. The van der Waals surface area contributed by atoms with E-state index in [4.69, 9.17) is 0 Å². The summed E-state index contributed by atoms with van der Waals surface area (Å²) in [5.41, 5.74) is -1.30. The molecule has 3 nitrogen and oxygen atoms in total. The van der Waals surface area contributed by atoms with Gasteiger partial charge in [0.1, 0.15) is 0 Å². The summed E-state index contributed by atoms with van der Waals surface area (Å²) in [4.78, 5) is 1.89. The number of aromatic hydroxyl groups is 1. The van der Waals surface area contributed by atoms with Gasteiger partial charge in [0.15, 0.2) is 11.6 Å². The van der Waals surface area contributed by atoms with Crippen LogP contribution in [-0.4, -0.2) is 36.2 Å². The second-order valence-electron chi connectivity index (χ2n) is 6.29. The highest BCUT2D eigenvalue weighted by Crippen LogP contribution is 2.43. The fourth-order valence-corrected chi connectivity index (χ4v) is 3.06. The quantitative estimate of drug-likeness (QED) is 0.727. The van der Waals surface area contributed by atoms with Crippen molar-refractivity contribution >= 4 is 24.8 Å². The first-order valence-corrected chi connectivity index (χ1v) is 7.75. The Morgan fingerprint density at radius 1 is 1.16 bits per heavy atom. The molecule has 1 aliphatic rings. The SMILES string of the molecule is CC(C)C[C@H](c1c(C(F)(F)F)ccc(F)c1O)N1CCNCC1.Cl.Cl. The molecule has 1 aromatic rings. The molecule has 1 aliphatic heterocycles. The molecule has 0 saturated carbocycles. The van der Waals surface area contributed by atoms with Crippen LogP contribution in [-0.2, 0) is 6.18 Å². The van der Waals surface area contributed by atoms with E-state index in [0.29, 0.717) is 38.7 Å². The highest BCUT2D eigenvalue weighted by atomic mass is 35.5. The maximum absolute atomic E-state index is 13.8. The number of hydrogen-bond acceptors (Lipinski definition) is 3. The number of phenols is 1. The molecule has 1 fully saturated rings. The van der Waals surface area contributed by atoms with E-state index in [2.05, 4.69) is 5.32 Å². The lowest BCUT2D eigenvalue weighted by atomic mass is 9.90. The van der Waals surface area contributed by atoms with E-state index in [1.807, 2.05) is 18.7 Å². The van der Waals surface area contributed by atoms with Gasteiger partial charge >= 0.3 is 6.18 Å². The van der Waals surface area contributed by atoms with Gasteiger partial charge in [-0.3, -0.25) is 4.90 Å². The molecule has 1 saturated heterocycles. The summed E-state index contributed by atoms with van der Waals surface area (Å²) in [6, 6.07) is 0.732. The van der Waals surface area contributed by atoms with Gasteiger partial charge in [0, 0.05) is 37.8 Å². The lowest BCUT2D eigenvalue weighted by molar-refractivity contribution is -0.139. The normalized spacial score (nSPS) is 16.9. The van der Waals surface area contributed by atoms with Crippen molar-refractivity contribution in [2.45, 2.75) is 32.5 Å². The Morgan fingerprint density at radius 2 is 1.72 bits per heavy atom. The maximum atomic E-state index is 13.8. The van der Waals surface area contributed by atoms with Crippen molar-refractivity contribution in [3.8, 4) is 5.75 Å². The topological polar surface area (TPSA) is 35.5 Å². The summed E-state index contributed by atoms with van der Waals surface area (Å²) in [6.45, 7) is 6.24. The van der Waals surface area contributed by atoms with Gasteiger partial charge in [0.2, 0.25) is 0 Å². The zero-order chi connectivity index (χ0) is 17.2. The number of nitrogens with one attached hydrogen (secondary N) is 1. The predicted octanol–water partition coefficient (Wildman–Crippen LogP) is 4.39. The fourth-order valence-electron chi connectivity index (χ4n) is 3.06. The molecule has 0 aliphatic carbocycles. The highest BCUT2D eigenvalue weighted by Gasteiger charge is 2.39. The van der Waals surface area contributed by atoms with Crippen molar-refractivity contribution in [3.63, 3.8) is 0 Å². The Labute approximate surface area is 157 Å². The van der Waals surface area contributed by atoms with Gasteiger partial charge in [-0.2, -0.15) is 13.2 Å². The number of nitrogens with zero attached hydrogens (tertiary/aromatic N) is 1. The van der Waals surface area contributed by atoms with Crippen LogP contribution < -0.4 is 5.32 Å². The van der Waals surface area contributed by atoms with Crippen molar-refractivity contribution in [2.24, 2.45) is 5.92 Å². The highest BCUT2D eigenvalue weighted by molar-refractivity contribution is 5.85. The molecular weight excluding hydrogens is 383 g/mol. The molecule has 2 rings (SSSR count). The van der Waals surface area contributed by atoms with Gasteiger partial charge < -0.3 is 10.4 Å². The Hall–Kier alpha value is -0.760. The van der Waals surface area contributed by atoms with Crippen LogP contribution in [0.15, 0.2) is 12.1 Å². The lowest BCUT2D eigenvalue weighted by Gasteiger charge is -2.37. The van der Waals surface area contributed by atoms with Crippen LogP contribution in [0.4, 0.5) is 17.6 Å². The van der Waals surface area contributed by atoms with E-state index in [1.165, 1.54) is 0 Å². The zero-order valence-corrected chi connectivity index (χ0v) is 15.7. The maximum Gasteiger partial charge on any atom is 0.416 e. The van der Waals surface area contributed by atoms with Gasteiger partial charge in [-0.05, 0) is 24.5 Å². The van der Waals surface area contributed by atoms with Crippen molar-refractivity contribution in [1.29, 1.82) is 0 Å². The van der Waals surface area contributed by atoms with Crippen molar-refractivity contribution in [3.05, 3.63) is 29.1 Å². The Kier molecular flexibility index (Phi) is 9.51. The molecule has 25 heavy (non-hydrogen) atoms. The first-order valence-electron chi connectivity index (χ1n) is 7.75. The standard InChI is InChI=1S/C16H22F4N2O.2ClH/c1-10(2)9-13(22-7-5-21-6-8-22)14-11(16(18,19)20)3-4-12(17)15(14)23;;/h3-4,10,13,21,23H,5-9H2,1-2H3;2*1H/t13-;;/m1../s1. The molecular formula is C16H24Cl2F4N2O. The minimum atomic E-state index is -4.64. The molecule has 1 atom stereocenters. The second-order valence-corrected chi connectivity index (χ2v) is 6.29. The molecule has 9 heteroatoms. The summed E-state index contributed by atoms with van der Waals surface area (Å²) in [5, 5.41) is 13.2. The van der Waals surface area contributed by atoms with Gasteiger partial charge in [-0.1, -0.05) is 13.8 Å². The molecule has 0 unspecified atom stereocenters. The van der Waals surface area contributed by atoms with Crippen molar-refractivity contribution < 1.29 is 22.7 Å². The molecule has 1 aromatic carbocycles. The largest absolute Gasteiger partial charge is 0.505 e. The van der Waals surface area contributed by atoms with Gasteiger partial charge in [0.25, 0.3) is 0 Å². The molecule has 0 aromatic heterocycles. The number of hydrogen-bond donors (Lipinski definition) is 2. The first-order chi connectivity index (χ1) is 10.7. The van der Waals surface area contributed by atoms with Gasteiger partial charge in [-0.15, -0.1) is 24.8 Å². The van der Waals surface area contributed by atoms with E-state index < -0.39 is 29.3 Å². The van der Waals surface area contributed by atoms with E-state index in [0.717, 1.165) is 6.07 Å². The molecule has 146 valence electrons. The van der Waals surface area contributed by atoms with Crippen LogP contribution in [0.3, 0.4) is 0 Å². The number of alkyl halides is 3. The summed E-state index contributed by atoms with van der Waals surface area (Å²) < 4.78 is 53.8. The third-order valence-electron chi connectivity index (χ3n) is 4.09. The van der Waals surface area contributed by atoms with Crippen molar-refractivity contribution in [1.82, 2.24) is 10.2 Å². The van der Waals surface area contributed by atoms with Crippen molar-refractivity contribution in [2.75, 3.05) is 26.2 Å². The van der Waals surface area contributed by atoms with Crippen LogP contribution in [0, 0.1) is 11.7 Å². The van der Waals surface area contributed by atoms with Gasteiger partial charge in [0.05, 0.1) is 5.56 Å². The second kappa shape index (κ2) is 9.80. The number of piperazine rings is 1. The third-order valence-corrected chi connectivity index (χ3v) is 4.09. The average Bonchev–Trinajstić information content (AvgIpc) is 2.47. The van der Waals surface area contributed by atoms with Crippen LogP contribution in [0.5, 0.6) is 5.75 Å². The fraction of sp³-hybridized carbons (Fsp3) is 0.625. The monoisotopic (exact) mass is 406 g/mol. The number of phenolic OH excluding ortho intramolecular Hbond substituents is 1. The summed E-state index contributed by atoms with van der Waals surface area (Å²) in [6.07, 6.45) is -4.22. The third kappa shape index (κ3) is 5.88. The molecule has 0 amide bonds. The van der Waals surface area contributed by atoms with Crippen LogP contribution in [0.2, 0.25) is 0 Å². The summed E-state index contributed by atoms with van der Waals surface area (Å²) in [7, 11) is 0. The molecule has 2 N–H and O–H groups in total. The Bertz CT molecular complexity index is 550. The Morgan fingerprint density at radius 3 is 2.20 bits per heavy atom. The van der Waals surface area contributed by atoms with Crippen LogP contribution in [0.25, 0.3) is 0 Å². The molecule has 0 radical (unpaired) electrons. The molecule has 0 spiro atoms. The smallest absolute Gasteiger partial charge is 0.416 e. The zero-order valence-electron chi connectivity index (χ0n) is 14.1. The average molecular weight is 407 g/mol. The number of halogens is 6. The first kappa shape index (κ1) is 24.2. The van der Waals surface area contributed by atoms with Gasteiger partial charge in [-0.25, -0.2) is 4.39 Å².